The van der Waals surface area contributed by atoms with Gasteiger partial charge >= 0.3 is 5.97 Å². The maximum Gasteiger partial charge on any atom is 0.306 e. The van der Waals surface area contributed by atoms with Crippen molar-refractivity contribution in [1.82, 2.24) is 15.5 Å². The Morgan fingerprint density at radius 2 is 2.23 bits per heavy atom. The normalized spacial score (nSPS) is 19.9. The number of rotatable bonds is 7. The third-order valence-electron chi connectivity index (χ3n) is 4.57. The highest BCUT2D eigenvalue weighted by Crippen LogP contribution is 2.23. The molecule has 2 aromatic rings. The van der Waals surface area contributed by atoms with Gasteiger partial charge in [-0.2, -0.15) is 4.98 Å². The highest BCUT2D eigenvalue weighted by atomic mass is 32.1. The fourth-order valence-electron chi connectivity index (χ4n) is 3.07. The molecule has 0 bridgehead atoms. The summed E-state index contributed by atoms with van der Waals surface area (Å²) < 4.78 is 10.2. The van der Waals surface area contributed by atoms with Crippen LogP contribution in [0.3, 0.4) is 0 Å². The molecule has 1 aliphatic rings. The Hall–Kier alpha value is -2.22. The number of carbonyl (C=O) groups excluding carboxylic acids is 2. The zero-order valence-electron chi connectivity index (χ0n) is 14.8. The summed E-state index contributed by atoms with van der Waals surface area (Å²) >= 11 is 1.52. The number of thiophene rings is 1. The Labute approximate surface area is 156 Å². The summed E-state index contributed by atoms with van der Waals surface area (Å²) in [5.74, 6) is 0.677. The molecule has 1 amide bonds. The van der Waals surface area contributed by atoms with Crippen LogP contribution < -0.4 is 5.32 Å². The molecule has 3 rings (SSSR count). The fraction of sp³-hybridized carbons (Fsp3) is 0.556. The molecule has 0 spiro atoms. The van der Waals surface area contributed by atoms with Gasteiger partial charge in [-0.1, -0.05) is 31.0 Å². The molecule has 8 heteroatoms. The van der Waals surface area contributed by atoms with Gasteiger partial charge in [-0.15, -0.1) is 11.3 Å². The molecule has 1 aliphatic carbocycles. The zero-order chi connectivity index (χ0) is 18.4. The van der Waals surface area contributed by atoms with E-state index in [0.717, 1.165) is 24.1 Å². The van der Waals surface area contributed by atoms with Crippen LogP contribution in [-0.2, 0) is 20.7 Å². The van der Waals surface area contributed by atoms with Gasteiger partial charge in [0.2, 0.25) is 11.7 Å². The summed E-state index contributed by atoms with van der Waals surface area (Å²) in [6.07, 6.45) is 4.85. The number of hydrogen-bond donors (Lipinski definition) is 1. The van der Waals surface area contributed by atoms with E-state index in [-0.39, 0.29) is 25.0 Å². The van der Waals surface area contributed by atoms with E-state index in [9.17, 15) is 9.59 Å². The molecule has 26 heavy (non-hydrogen) atoms. The molecule has 0 unspecified atom stereocenters. The summed E-state index contributed by atoms with van der Waals surface area (Å²) in [6, 6.07) is 4.00. The third kappa shape index (κ3) is 5.14. The van der Waals surface area contributed by atoms with Crippen molar-refractivity contribution < 1.29 is 18.8 Å². The summed E-state index contributed by atoms with van der Waals surface area (Å²) in [6.45, 7) is 1.90. The Balaban J connectivity index is 1.37. The molecule has 140 valence electrons. The minimum Gasteiger partial charge on any atom is -0.456 e. The lowest BCUT2D eigenvalue weighted by molar-refractivity contribution is -0.148. The average Bonchev–Trinajstić information content (AvgIpc) is 3.31. The van der Waals surface area contributed by atoms with Crippen LogP contribution in [0.15, 0.2) is 22.0 Å². The maximum atomic E-state index is 11.9. The van der Waals surface area contributed by atoms with Crippen molar-refractivity contribution in [2.75, 3.05) is 6.61 Å². The Bertz CT molecular complexity index is 729. The van der Waals surface area contributed by atoms with Crippen LogP contribution in [0, 0.1) is 5.92 Å². The van der Waals surface area contributed by atoms with Crippen molar-refractivity contribution in [2.45, 2.75) is 51.5 Å². The first-order valence-electron chi connectivity index (χ1n) is 8.93. The maximum absolute atomic E-state index is 11.9. The Kier molecular flexibility index (Phi) is 6.38. The monoisotopic (exact) mass is 377 g/mol. The van der Waals surface area contributed by atoms with Gasteiger partial charge in [-0.25, -0.2) is 0 Å². The van der Waals surface area contributed by atoms with Gasteiger partial charge in [0.05, 0.1) is 11.3 Å². The second-order valence-corrected chi connectivity index (χ2v) is 7.53. The molecule has 1 fully saturated rings. The fourth-order valence-corrected chi connectivity index (χ4v) is 3.72. The quantitative estimate of drug-likeness (QED) is 0.746. The molecule has 2 aromatic heterocycles. The predicted octanol–water partition coefficient (Wildman–Crippen LogP) is 2.97. The lowest BCUT2D eigenvalue weighted by atomic mass is 9.86. The molecule has 0 aromatic carbocycles. The van der Waals surface area contributed by atoms with Gasteiger partial charge < -0.3 is 14.6 Å². The molecule has 0 radical (unpaired) electrons. The first-order valence-corrected chi connectivity index (χ1v) is 9.81. The molecule has 1 N–H and O–H groups in total. The van der Waals surface area contributed by atoms with Gasteiger partial charge in [-0.05, 0) is 30.2 Å². The summed E-state index contributed by atoms with van der Waals surface area (Å²) in [7, 11) is 0. The topological polar surface area (TPSA) is 94.3 Å². The summed E-state index contributed by atoms with van der Waals surface area (Å²) in [5.41, 5.74) is 0. The zero-order valence-corrected chi connectivity index (χ0v) is 15.6. The van der Waals surface area contributed by atoms with Gasteiger partial charge in [-0.3, -0.25) is 9.59 Å². The van der Waals surface area contributed by atoms with E-state index >= 15 is 0 Å². The highest BCUT2D eigenvalue weighted by Gasteiger charge is 2.23. The number of amides is 1. The molecular formula is C18H23N3O4S. The van der Waals surface area contributed by atoms with Crippen molar-refractivity contribution in [3.05, 3.63) is 23.4 Å². The smallest absolute Gasteiger partial charge is 0.306 e. The van der Waals surface area contributed by atoms with E-state index in [4.69, 9.17) is 9.26 Å². The number of carbonyl (C=O) groups is 2. The number of aromatic nitrogens is 2. The molecule has 2 atom stereocenters. The summed E-state index contributed by atoms with van der Waals surface area (Å²) in [5, 5.41) is 8.78. The van der Waals surface area contributed by atoms with Crippen LogP contribution in [0.25, 0.3) is 10.7 Å². The Morgan fingerprint density at radius 1 is 1.38 bits per heavy atom. The van der Waals surface area contributed by atoms with Crippen LogP contribution in [0.4, 0.5) is 0 Å². The van der Waals surface area contributed by atoms with E-state index in [0.29, 0.717) is 24.1 Å². The molecule has 7 nitrogen and oxygen atoms in total. The van der Waals surface area contributed by atoms with Crippen LogP contribution in [0.5, 0.6) is 0 Å². The van der Waals surface area contributed by atoms with Crippen molar-refractivity contribution in [3.8, 4) is 10.7 Å². The molecule has 1 saturated carbocycles. The van der Waals surface area contributed by atoms with Gasteiger partial charge in [0.15, 0.2) is 6.61 Å². The molecule has 0 aliphatic heterocycles. The number of nitrogens with one attached hydrogen (secondary N) is 1. The third-order valence-corrected chi connectivity index (χ3v) is 5.44. The van der Waals surface area contributed by atoms with Crippen LogP contribution in [0.2, 0.25) is 0 Å². The van der Waals surface area contributed by atoms with Crippen LogP contribution >= 0.6 is 11.3 Å². The number of hydrogen-bond acceptors (Lipinski definition) is 7. The first-order chi connectivity index (χ1) is 12.6. The van der Waals surface area contributed by atoms with Crippen molar-refractivity contribution in [3.63, 3.8) is 0 Å². The molecule has 0 saturated heterocycles. The number of nitrogens with zero attached hydrogens (tertiary/aromatic N) is 2. The molecule has 2 heterocycles. The molecular weight excluding hydrogens is 354 g/mol. The second kappa shape index (κ2) is 8.93. The first kappa shape index (κ1) is 18.6. The van der Waals surface area contributed by atoms with E-state index < -0.39 is 5.97 Å². The largest absolute Gasteiger partial charge is 0.456 e. The van der Waals surface area contributed by atoms with Crippen molar-refractivity contribution >= 4 is 23.2 Å². The van der Waals surface area contributed by atoms with Crippen LogP contribution in [-0.4, -0.2) is 34.7 Å². The number of ether oxygens (including phenoxy) is 1. The van der Waals surface area contributed by atoms with E-state index in [2.05, 4.69) is 22.4 Å². The lowest BCUT2D eigenvalue weighted by Crippen LogP contribution is -2.42. The van der Waals surface area contributed by atoms with Crippen LogP contribution in [0.1, 0.15) is 44.9 Å². The highest BCUT2D eigenvalue weighted by molar-refractivity contribution is 7.13. The minimum atomic E-state index is -0.451. The van der Waals surface area contributed by atoms with Gasteiger partial charge in [0, 0.05) is 12.5 Å². The average molecular weight is 377 g/mol. The van der Waals surface area contributed by atoms with E-state index in [1.807, 2.05) is 17.5 Å². The predicted molar refractivity (Wildman–Crippen MR) is 96.5 cm³/mol. The van der Waals surface area contributed by atoms with E-state index in [1.54, 1.807) is 0 Å². The van der Waals surface area contributed by atoms with E-state index in [1.165, 1.54) is 17.8 Å². The van der Waals surface area contributed by atoms with Crippen molar-refractivity contribution in [1.29, 1.82) is 0 Å². The number of esters is 1. The Morgan fingerprint density at radius 3 is 3.00 bits per heavy atom. The summed E-state index contributed by atoms with van der Waals surface area (Å²) in [4.78, 5) is 28.9. The van der Waals surface area contributed by atoms with Gasteiger partial charge in [0.25, 0.3) is 5.91 Å². The SMILES string of the molecule is C[C@@H]1CCCC[C@H]1NC(=O)COC(=O)CCc1nc(-c2cccs2)no1. The standard InChI is InChI=1S/C18H23N3O4S/c1-12-5-2-3-6-13(12)19-15(22)11-24-17(23)9-8-16-20-18(21-25-16)14-7-4-10-26-14/h4,7,10,12-13H,2-3,5-6,8-9,11H2,1H3,(H,19,22)/t12-,13-/m1/s1. The van der Waals surface area contributed by atoms with Gasteiger partial charge in [0.1, 0.15) is 0 Å². The lowest BCUT2D eigenvalue weighted by Gasteiger charge is -2.29. The minimum absolute atomic E-state index is 0.0964. The number of aryl methyl sites for hydroxylation is 1. The second-order valence-electron chi connectivity index (χ2n) is 6.59. The van der Waals surface area contributed by atoms with Crippen molar-refractivity contribution in [2.24, 2.45) is 5.92 Å².